The molecular weight excluding hydrogens is 212 g/mol. The number of rotatable bonds is 13. The molecule has 0 aliphatic rings. The second kappa shape index (κ2) is 13.7. The Bertz CT molecular complexity index is 172. The van der Waals surface area contributed by atoms with Gasteiger partial charge in [0.05, 0.1) is 0 Å². The van der Waals surface area contributed by atoms with Crippen LogP contribution in [0, 0.1) is 0 Å². The fourth-order valence-corrected chi connectivity index (χ4v) is 1.86. The molecule has 0 aliphatic carbocycles. The third-order valence-corrected chi connectivity index (χ3v) is 2.94. The Morgan fingerprint density at radius 1 is 0.882 bits per heavy atom. The Kier molecular flexibility index (Phi) is 13.3. The first-order chi connectivity index (χ1) is 8.27. The standard InChI is InChI=1S/C14H30N2O/c1-14(17)10-7-5-3-2-4-6-8-12-16-13-9-11-15/h16H,2-13,15H2,1H3. The molecule has 3 heteroatoms. The quantitative estimate of drug-likeness (QED) is 0.488. The van der Waals surface area contributed by atoms with Crippen LogP contribution < -0.4 is 11.1 Å². The van der Waals surface area contributed by atoms with E-state index in [2.05, 4.69) is 5.32 Å². The van der Waals surface area contributed by atoms with Crippen LogP contribution in [0.1, 0.15) is 64.7 Å². The van der Waals surface area contributed by atoms with E-state index in [9.17, 15) is 4.79 Å². The first kappa shape index (κ1) is 16.6. The van der Waals surface area contributed by atoms with Gasteiger partial charge < -0.3 is 15.8 Å². The van der Waals surface area contributed by atoms with Crippen LogP contribution in [0.3, 0.4) is 0 Å². The zero-order chi connectivity index (χ0) is 12.8. The maximum atomic E-state index is 10.7. The fraction of sp³-hybridized carbons (Fsp3) is 0.929. The predicted molar refractivity (Wildman–Crippen MR) is 74.2 cm³/mol. The number of unbranched alkanes of at least 4 members (excludes halogenated alkanes) is 6. The van der Waals surface area contributed by atoms with E-state index in [1.54, 1.807) is 6.92 Å². The average molecular weight is 242 g/mol. The highest BCUT2D eigenvalue weighted by molar-refractivity contribution is 5.75. The van der Waals surface area contributed by atoms with Gasteiger partial charge in [0.2, 0.25) is 0 Å². The van der Waals surface area contributed by atoms with E-state index in [0.29, 0.717) is 5.78 Å². The van der Waals surface area contributed by atoms with Crippen molar-refractivity contribution in [1.82, 2.24) is 5.32 Å². The maximum Gasteiger partial charge on any atom is 0.129 e. The third-order valence-electron chi connectivity index (χ3n) is 2.94. The van der Waals surface area contributed by atoms with Crippen LogP contribution in [0.4, 0.5) is 0 Å². The van der Waals surface area contributed by atoms with Crippen LogP contribution in [0.15, 0.2) is 0 Å². The highest BCUT2D eigenvalue weighted by atomic mass is 16.1. The monoisotopic (exact) mass is 242 g/mol. The number of hydrogen-bond donors (Lipinski definition) is 2. The highest BCUT2D eigenvalue weighted by Gasteiger charge is 1.94. The van der Waals surface area contributed by atoms with Crippen LogP contribution in [-0.4, -0.2) is 25.4 Å². The Hall–Kier alpha value is -0.410. The molecule has 0 aliphatic heterocycles. The van der Waals surface area contributed by atoms with Gasteiger partial charge in [0.15, 0.2) is 0 Å². The molecule has 0 aromatic carbocycles. The van der Waals surface area contributed by atoms with E-state index in [0.717, 1.165) is 38.9 Å². The predicted octanol–water partition coefficient (Wildman–Crippen LogP) is 2.63. The lowest BCUT2D eigenvalue weighted by atomic mass is 10.1. The van der Waals surface area contributed by atoms with Crippen LogP contribution in [-0.2, 0) is 4.79 Å². The lowest BCUT2D eigenvalue weighted by Crippen LogP contribution is -2.19. The Morgan fingerprint density at radius 3 is 2.00 bits per heavy atom. The van der Waals surface area contributed by atoms with E-state index < -0.39 is 0 Å². The van der Waals surface area contributed by atoms with Crippen molar-refractivity contribution < 1.29 is 4.79 Å². The number of nitrogens with two attached hydrogens (primary N) is 1. The van der Waals surface area contributed by atoms with Gasteiger partial charge in [-0.05, 0) is 45.8 Å². The summed E-state index contributed by atoms with van der Waals surface area (Å²) in [4.78, 5) is 10.7. The second-order valence-electron chi connectivity index (χ2n) is 4.82. The van der Waals surface area contributed by atoms with Gasteiger partial charge in [0.25, 0.3) is 0 Å². The van der Waals surface area contributed by atoms with Gasteiger partial charge in [-0.3, -0.25) is 0 Å². The van der Waals surface area contributed by atoms with E-state index >= 15 is 0 Å². The molecule has 0 aromatic rings. The Labute approximate surface area is 107 Å². The molecule has 17 heavy (non-hydrogen) atoms. The topological polar surface area (TPSA) is 55.1 Å². The minimum atomic E-state index is 0.327. The molecule has 0 radical (unpaired) electrons. The smallest absolute Gasteiger partial charge is 0.129 e. The van der Waals surface area contributed by atoms with E-state index in [1.165, 1.54) is 38.5 Å². The number of nitrogens with one attached hydrogen (secondary N) is 1. The number of ketones is 1. The molecule has 0 spiro atoms. The highest BCUT2D eigenvalue weighted by Crippen LogP contribution is 2.08. The van der Waals surface area contributed by atoms with E-state index in [4.69, 9.17) is 5.73 Å². The fourth-order valence-electron chi connectivity index (χ4n) is 1.86. The van der Waals surface area contributed by atoms with Gasteiger partial charge in [0, 0.05) is 6.42 Å². The van der Waals surface area contributed by atoms with Gasteiger partial charge in [-0.15, -0.1) is 0 Å². The van der Waals surface area contributed by atoms with Gasteiger partial charge >= 0.3 is 0 Å². The molecule has 0 unspecified atom stereocenters. The van der Waals surface area contributed by atoms with E-state index in [-0.39, 0.29) is 0 Å². The lowest BCUT2D eigenvalue weighted by molar-refractivity contribution is -0.117. The van der Waals surface area contributed by atoms with Crippen molar-refractivity contribution in [2.75, 3.05) is 19.6 Å². The minimum absolute atomic E-state index is 0.327. The van der Waals surface area contributed by atoms with Crippen molar-refractivity contribution in [3.05, 3.63) is 0 Å². The number of hydrogen-bond acceptors (Lipinski definition) is 3. The summed E-state index contributed by atoms with van der Waals surface area (Å²) in [5, 5.41) is 3.39. The number of carbonyl (C=O) groups excluding carboxylic acids is 1. The molecule has 0 saturated carbocycles. The normalized spacial score (nSPS) is 10.7. The molecule has 0 fully saturated rings. The SMILES string of the molecule is CC(=O)CCCCCCCCCNCCCN. The summed E-state index contributed by atoms with van der Waals surface area (Å²) in [7, 11) is 0. The molecule has 0 saturated heterocycles. The van der Waals surface area contributed by atoms with Crippen LogP contribution in [0.2, 0.25) is 0 Å². The summed E-state index contributed by atoms with van der Waals surface area (Å²) in [6, 6.07) is 0. The summed E-state index contributed by atoms with van der Waals surface area (Å²) in [6.07, 6.45) is 10.7. The molecule has 0 aromatic heterocycles. The van der Waals surface area contributed by atoms with Crippen LogP contribution in [0.5, 0.6) is 0 Å². The zero-order valence-electron chi connectivity index (χ0n) is 11.5. The molecule has 3 N–H and O–H groups in total. The van der Waals surface area contributed by atoms with Crippen LogP contribution >= 0.6 is 0 Å². The van der Waals surface area contributed by atoms with Crippen molar-refractivity contribution in [2.45, 2.75) is 64.7 Å². The average Bonchev–Trinajstić information content (AvgIpc) is 2.30. The summed E-state index contributed by atoms with van der Waals surface area (Å²) < 4.78 is 0. The maximum absolute atomic E-state index is 10.7. The van der Waals surface area contributed by atoms with Gasteiger partial charge in [-0.2, -0.15) is 0 Å². The summed E-state index contributed by atoms with van der Waals surface area (Å²) in [5.74, 6) is 0.327. The number of Topliss-reactive ketones (excluding diaryl/α,β-unsaturated/α-hetero) is 1. The molecule has 102 valence electrons. The van der Waals surface area contributed by atoms with Crippen molar-refractivity contribution in [3.63, 3.8) is 0 Å². The molecule has 0 bridgehead atoms. The van der Waals surface area contributed by atoms with Gasteiger partial charge in [-0.1, -0.05) is 32.1 Å². The molecular formula is C14H30N2O. The Morgan fingerprint density at radius 2 is 1.41 bits per heavy atom. The molecule has 0 atom stereocenters. The van der Waals surface area contributed by atoms with Crippen LogP contribution in [0.25, 0.3) is 0 Å². The van der Waals surface area contributed by atoms with Crippen molar-refractivity contribution in [1.29, 1.82) is 0 Å². The summed E-state index contributed by atoms with van der Waals surface area (Å²) >= 11 is 0. The Balaban J connectivity index is 2.91. The van der Waals surface area contributed by atoms with Crippen molar-refractivity contribution in [2.24, 2.45) is 5.73 Å². The first-order valence-corrected chi connectivity index (χ1v) is 7.17. The van der Waals surface area contributed by atoms with Gasteiger partial charge in [0.1, 0.15) is 5.78 Å². The third kappa shape index (κ3) is 15.6. The summed E-state index contributed by atoms with van der Waals surface area (Å²) in [5.41, 5.74) is 5.41. The van der Waals surface area contributed by atoms with Crippen molar-refractivity contribution in [3.8, 4) is 0 Å². The first-order valence-electron chi connectivity index (χ1n) is 7.17. The largest absolute Gasteiger partial charge is 0.330 e. The lowest BCUT2D eigenvalue weighted by Gasteiger charge is -2.03. The van der Waals surface area contributed by atoms with Gasteiger partial charge in [-0.25, -0.2) is 0 Å². The van der Waals surface area contributed by atoms with E-state index in [1.807, 2.05) is 0 Å². The zero-order valence-corrected chi connectivity index (χ0v) is 11.5. The van der Waals surface area contributed by atoms with Crippen molar-refractivity contribution >= 4 is 5.78 Å². The number of carbonyl (C=O) groups is 1. The molecule has 0 rings (SSSR count). The minimum Gasteiger partial charge on any atom is -0.330 e. The molecule has 0 amide bonds. The summed E-state index contributed by atoms with van der Waals surface area (Å²) in [6.45, 7) is 4.65. The second-order valence-corrected chi connectivity index (χ2v) is 4.82. The molecule has 3 nitrogen and oxygen atoms in total. The molecule has 0 heterocycles.